The van der Waals surface area contributed by atoms with Gasteiger partial charge in [0.1, 0.15) is 0 Å². The number of halogens is 1. The van der Waals surface area contributed by atoms with Crippen LogP contribution >= 0.6 is 23.4 Å². The SMILES string of the molecule is Nc1cccc(S[C@@H]2CC(=O)N(c3ccccc3Cl)C2=O)c1. The van der Waals surface area contributed by atoms with E-state index in [1.165, 1.54) is 16.7 Å². The van der Waals surface area contributed by atoms with Crippen LogP contribution in [-0.4, -0.2) is 17.1 Å². The molecule has 112 valence electrons. The second-order valence-corrected chi connectivity index (χ2v) is 6.59. The minimum Gasteiger partial charge on any atom is -0.399 e. The Hall–Kier alpha value is -1.98. The van der Waals surface area contributed by atoms with Crippen molar-refractivity contribution < 1.29 is 9.59 Å². The third-order valence-electron chi connectivity index (χ3n) is 3.34. The van der Waals surface area contributed by atoms with E-state index >= 15 is 0 Å². The minimum absolute atomic E-state index is 0.156. The topological polar surface area (TPSA) is 63.4 Å². The quantitative estimate of drug-likeness (QED) is 0.691. The summed E-state index contributed by atoms with van der Waals surface area (Å²) in [6.07, 6.45) is 0.156. The van der Waals surface area contributed by atoms with Crippen LogP contribution in [0.1, 0.15) is 6.42 Å². The molecule has 1 saturated heterocycles. The van der Waals surface area contributed by atoms with Crippen LogP contribution in [-0.2, 0) is 9.59 Å². The number of anilines is 2. The highest BCUT2D eigenvalue weighted by molar-refractivity contribution is 8.00. The number of carbonyl (C=O) groups is 2. The fourth-order valence-electron chi connectivity index (χ4n) is 2.33. The standard InChI is InChI=1S/C16H13ClN2O2S/c17-12-6-1-2-7-13(12)19-15(20)9-14(16(19)21)22-11-5-3-4-10(18)8-11/h1-8,14H,9,18H2/t14-/m1/s1. The number of nitrogens with two attached hydrogens (primary N) is 1. The van der Waals surface area contributed by atoms with Crippen LogP contribution in [0.2, 0.25) is 5.02 Å². The van der Waals surface area contributed by atoms with Gasteiger partial charge in [-0.3, -0.25) is 9.59 Å². The summed E-state index contributed by atoms with van der Waals surface area (Å²) in [5.74, 6) is -0.481. The molecule has 0 saturated carbocycles. The highest BCUT2D eigenvalue weighted by Gasteiger charge is 2.40. The van der Waals surface area contributed by atoms with Gasteiger partial charge in [0, 0.05) is 17.0 Å². The van der Waals surface area contributed by atoms with Gasteiger partial charge in [0.25, 0.3) is 0 Å². The van der Waals surface area contributed by atoms with Gasteiger partial charge in [-0.15, -0.1) is 11.8 Å². The molecule has 3 rings (SSSR count). The lowest BCUT2D eigenvalue weighted by atomic mass is 10.3. The maximum Gasteiger partial charge on any atom is 0.247 e. The van der Waals surface area contributed by atoms with E-state index in [-0.39, 0.29) is 18.2 Å². The Balaban J connectivity index is 1.84. The summed E-state index contributed by atoms with van der Waals surface area (Å²) in [6, 6.07) is 14.1. The Morgan fingerprint density at radius 3 is 2.64 bits per heavy atom. The van der Waals surface area contributed by atoms with Crippen LogP contribution in [0.5, 0.6) is 0 Å². The second-order valence-electron chi connectivity index (χ2n) is 4.90. The Morgan fingerprint density at radius 1 is 1.14 bits per heavy atom. The van der Waals surface area contributed by atoms with Gasteiger partial charge in [-0.25, -0.2) is 4.90 Å². The maximum absolute atomic E-state index is 12.6. The molecule has 0 radical (unpaired) electrons. The zero-order valence-electron chi connectivity index (χ0n) is 11.5. The lowest BCUT2D eigenvalue weighted by Gasteiger charge is -2.16. The van der Waals surface area contributed by atoms with E-state index in [0.29, 0.717) is 16.4 Å². The van der Waals surface area contributed by atoms with E-state index in [0.717, 1.165) is 4.90 Å². The average molecular weight is 333 g/mol. The summed E-state index contributed by atoms with van der Waals surface area (Å²) in [6.45, 7) is 0. The monoisotopic (exact) mass is 332 g/mol. The fourth-order valence-corrected chi connectivity index (χ4v) is 3.68. The lowest BCUT2D eigenvalue weighted by molar-refractivity contribution is -0.121. The van der Waals surface area contributed by atoms with Gasteiger partial charge >= 0.3 is 0 Å². The van der Waals surface area contributed by atoms with Crippen LogP contribution in [0.15, 0.2) is 53.4 Å². The zero-order valence-corrected chi connectivity index (χ0v) is 13.1. The maximum atomic E-state index is 12.6. The number of para-hydroxylation sites is 1. The molecule has 0 aliphatic carbocycles. The Bertz CT molecular complexity index is 750. The van der Waals surface area contributed by atoms with Crippen LogP contribution < -0.4 is 10.6 Å². The molecule has 1 aliphatic rings. The molecule has 0 spiro atoms. The van der Waals surface area contributed by atoms with Crippen LogP contribution in [0, 0.1) is 0 Å². The van der Waals surface area contributed by atoms with Crippen molar-refractivity contribution in [3.05, 3.63) is 53.6 Å². The van der Waals surface area contributed by atoms with Crippen molar-refractivity contribution in [2.45, 2.75) is 16.6 Å². The third kappa shape index (κ3) is 2.82. The highest BCUT2D eigenvalue weighted by Crippen LogP contribution is 2.36. The normalized spacial score (nSPS) is 18.0. The Morgan fingerprint density at radius 2 is 1.91 bits per heavy atom. The average Bonchev–Trinajstić information content (AvgIpc) is 2.74. The molecule has 4 nitrogen and oxygen atoms in total. The van der Waals surface area contributed by atoms with E-state index in [9.17, 15) is 9.59 Å². The summed E-state index contributed by atoms with van der Waals surface area (Å²) < 4.78 is 0. The molecule has 6 heteroatoms. The third-order valence-corrected chi connectivity index (χ3v) is 4.83. The summed E-state index contributed by atoms with van der Waals surface area (Å²) in [4.78, 5) is 26.8. The van der Waals surface area contributed by atoms with Crippen LogP contribution in [0.25, 0.3) is 0 Å². The van der Waals surface area contributed by atoms with Gasteiger partial charge in [-0.1, -0.05) is 29.8 Å². The Kier molecular flexibility index (Phi) is 4.09. The molecule has 0 unspecified atom stereocenters. The summed E-state index contributed by atoms with van der Waals surface area (Å²) in [5, 5.41) is -0.0654. The smallest absolute Gasteiger partial charge is 0.247 e. The number of amides is 2. The number of rotatable bonds is 3. The van der Waals surface area contributed by atoms with Gasteiger partial charge in [-0.2, -0.15) is 0 Å². The number of carbonyl (C=O) groups excluding carboxylic acids is 2. The summed E-state index contributed by atoms with van der Waals surface area (Å²) in [5.41, 5.74) is 6.81. The molecule has 2 aromatic carbocycles. The molecular weight excluding hydrogens is 320 g/mol. The van der Waals surface area contributed by atoms with Crippen LogP contribution in [0.4, 0.5) is 11.4 Å². The molecular formula is C16H13ClN2O2S. The van der Waals surface area contributed by atoms with Gasteiger partial charge in [0.05, 0.1) is 16.0 Å². The molecule has 2 amide bonds. The van der Waals surface area contributed by atoms with Crippen molar-refractivity contribution in [1.29, 1.82) is 0 Å². The van der Waals surface area contributed by atoms with E-state index < -0.39 is 5.25 Å². The number of nitrogen functional groups attached to an aromatic ring is 1. The predicted octanol–water partition coefficient (Wildman–Crippen LogP) is 3.35. The van der Waals surface area contributed by atoms with Crippen molar-refractivity contribution in [3.8, 4) is 0 Å². The first kappa shape index (κ1) is 14.9. The van der Waals surface area contributed by atoms with Crippen molar-refractivity contribution >= 4 is 46.6 Å². The molecule has 1 aliphatic heterocycles. The number of imide groups is 1. The van der Waals surface area contributed by atoms with E-state index in [1.807, 2.05) is 12.1 Å². The first-order valence-electron chi connectivity index (χ1n) is 6.70. The Labute approximate surface area is 137 Å². The lowest BCUT2D eigenvalue weighted by Crippen LogP contribution is -2.31. The fraction of sp³-hybridized carbons (Fsp3) is 0.125. The van der Waals surface area contributed by atoms with Gasteiger partial charge in [0.2, 0.25) is 11.8 Å². The largest absolute Gasteiger partial charge is 0.399 e. The first-order chi connectivity index (χ1) is 10.6. The summed E-state index contributed by atoms with van der Waals surface area (Å²) >= 11 is 7.44. The van der Waals surface area contributed by atoms with E-state index in [2.05, 4.69) is 0 Å². The van der Waals surface area contributed by atoms with Gasteiger partial charge in [0.15, 0.2) is 0 Å². The highest BCUT2D eigenvalue weighted by atomic mass is 35.5. The molecule has 0 aromatic heterocycles. The minimum atomic E-state index is -0.453. The number of thioether (sulfide) groups is 1. The molecule has 1 atom stereocenters. The van der Waals surface area contributed by atoms with Gasteiger partial charge in [-0.05, 0) is 30.3 Å². The van der Waals surface area contributed by atoms with E-state index in [1.54, 1.807) is 36.4 Å². The summed E-state index contributed by atoms with van der Waals surface area (Å²) in [7, 11) is 0. The van der Waals surface area contributed by atoms with Crippen LogP contribution in [0.3, 0.4) is 0 Å². The number of benzene rings is 2. The second kappa shape index (κ2) is 6.02. The first-order valence-corrected chi connectivity index (χ1v) is 7.95. The zero-order chi connectivity index (χ0) is 15.7. The molecule has 2 aromatic rings. The van der Waals surface area contributed by atoms with Crippen molar-refractivity contribution in [3.63, 3.8) is 0 Å². The van der Waals surface area contributed by atoms with Gasteiger partial charge < -0.3 is 5.73 Å². The van der Waals surface area contributed by atoms with E-state index in [4.69, 9.17) is 17.3 Å². The van der Waals surface area contributed by atoms with Crippen molar-refractivity contribution in [2.24, 2.45) is 0 Å². The number of hydrogen-bond donors (Lipinski definition) is 1. The predicted molar refractivity (Wildman–Crippen MR) is 89.1 cm³/mol. The van der Waals surface area contributed by atoms with Crippen molar-refractivity contribution in [2.75, 3.05) is 10.6 Å². The molecule has 0 bridgehead atoms. The molecule has 1 heterocycles. The number of hydrogen-bond acceptors (Lipinski definition) is 4. The molecule has 22 heavy (non-hydrogen) atoms. The number of nitrogens with zero attached hydrogens (tertiary/aromatic N) is 1. The molecule has 2 N–H and O–H groups in total. The molecule has 1 fully saturated rings. The van der Waals surface area contributed by atoms with Crippen molar-refractivity contribution in [1.82, 2.24) is 0 Å².